The van der Waals surface area contributed by atoms with Gasteiger partial charge in [-0.1, -0.05) is 18.2 Å². The number of carbonyl (C=O) groups excluding carboxylic acids is 2. The lowest BCUT2D eigenvalue weighted by Crippen LogP contribution is -2.55. The fourth-order valence-corrected chi connectivity index (χ4v) is 3.18. The lowest BCUT2D eigenvalue weighted by Gasteiger charge is -2.33. The molecule has 118 valence electrons. The molecule has 1 aliphatic carbocycles. The Kier molecular flexibility index (Phi) is 3.29. The molecule has 1 saturated carbocycles. The van der Waals surface area contributed by atoms with Crippen LogP contribution in [0.25, 0.3) is 10.9 Å². The molecule has 1 aromatic heterocycles. The molecule has 2 aliphatic rings. The minimum absolute atomic E-state index is 0.0761. The van der Waals surface area contributed by atoms with E-state index in [9.17, 15) is 9.59 Å². The van der Waals surface area contributed by atoms with Crippen molar-refractivity contribution in [2.75, 3.05) is 13.1 Å². The topological polar surface area (TPSA) is 62.3 Å². The van der Waals surface area contributed by atoms with E-state index in [0.29, 0.717) is 24.6 Å². The van der Waals surface area contributed by atoms with Crippen molar-refractivity contribution in [3.05, 3.63) is 41.6 Å². The van der Waals surface area contributed by atoms with Gasteiger partial charge in [0.05, 0.1) is 11.1 Å². The first-order valence-electron chi connectivity index (χ1n) is 8.13. The molecular weight excluding hydrogens is 290 g/mol. The van der Waals surface area contributed by atoms with Gasteiger partial charge in [0.1, 0.15) is 6.04 Å². The van der Waals surface area contributed by atoms with E-state index in [1.807, 2.05) is 30.3 Å². The SMILES string of the molecule is CC1C(=O)NCCN1C(=O)c1cc(C2CC2)nc2ccccc12. The molecule has 0 bridgehead atoms. The maximum Gasteiger partial charge on any atom is 0.255 e. The van der Waals surface area contributed by atoms with Crippen molar-refractivity contribution in [3.63, 3.8) is 0 Å². The van der Waals surface area contributed by atoms with Crippen LogP contribution >= 0.6 is 0 Å². The number of nitrogens with zero attached hydrogens (tertiary/aromatic N) is 2. The Labute approximate surface area is 134 Å². The Hall–Kier alpha value is -2.43. The quantitative estimate of drug-likeness (QED) is 0.924. The van der Waals surface area contributed by atoms with Crippen LogP contribution in [0.15, 0.2) is 30.3 Å². The smallest absolute Gasteiger partial charge is 0.255 e. The number of aromatic nitrogens is 1. The number of para-hydroxylation sites is 1. The number of pyridine rings is 1. The van der Waals surface area contributed by atoms with E-state index in [0.717, 1.165) is 29.4 Å². The predicted octanol–water partition coefficient (Wildman–Crippen LogP) is 2.07. The summed E-state index contributed by atoms with van der Waals surface area (Å²) in [7, 11) is 0. The van der Waals surface area contributed by atoms with Gasteiger partial charge < -0.3 is 10.2 Å². The monoisotopic (exact) mass is 309 g/mol. The fourth-order valence-electron chi connectivity index (χ4n) is 3.18. The number of fused-ring (bicyclic) bond motifs is 1. The first-order valence-corrected chi connectivity index (χ1v) is 8.13. The molecule has 5 heteroatoms. The van der Waals surface area contributed by atoms with Gasteiger partial charge in [0.25, 0.3) is 5.91 Å². The summed E-state index contributed by atoms with van der Waals surface area (Å²) in [5.41, 5.74) is 2.52. The Balaban J connectivity index is 1.80. The Bertz CT molecular complexity index is 798. The summed E-state index contributed by atoms with van der Waals surface area (Å²) in [6.07, 6.45) is 2.28. The van der Waals surface area contributed by atoms with E-state index in [-0.39, 0.29) is 11.8 Å². The van der Waals surface area contributed by atoms with Crippen LogP contribution in [-0.2, 0) is 4.79 Å². The number of rotatable bonds is 2. The molecule has 4 rings (SSSR count). The molecule has 2 heterocycles. The minimum atomic E-state index is -0.437. The average Bonchev–Trinajstić information content (AvgIpc) is 3.41. The first-order chi connectivity index (χ1) is 11.1. The second-order valence-electron chi connectivity index (χ2n) is 6.35. The van der Waals surface area contributed by atoms with Crippen LogP contribution in [0.1, 0.15) is 41.7 Å². The highest BCUT2D eigenvalue weighted by Gasteiger charge is 2.32. The van der Waals surface area contributed by atoms with Gasteiger partial charge in [0.15, 0.2) is 0 Å². The Morgan fingerprint density at radius 1 is 1.30 bits per heavy atom. The van der Waals surface area contributed by atoms with Gasteiger partial charge in [0, 0.05) is 30.1 Å². The van der Waals surface area contributed by atoms with Crippen LogP contribution in [0.4, 0.5) is 0 Å². The second kappa shape index (κ2) is 5.33. The van der Waals surface area contributed by atoms with E-state index in [1.165, 1.54) is 0 Å². The maximum atomic E-state index is 13.1. The number of piperazine rings is 1. The van der Waals surface area contributed by atoms with Gasteiger partial charge >= 0.3 is 0 Å². The third-order valence-corrected chi connectivity index (χ3v) is 4.72. The van der Waals surface area contributed by atoms with Gasteiger partial charge in [-0.15, -0.1) is 0 Å². The maximum absolute atomic E-state index is 13.1. The van der Waals surface area contributed by atoms with Gasteiger partial charge in [-0.3, -0.25) is 14.6 Å². The standard InChI is InChI=1S/C18H19N3O2/c1-11-17(22)19-8-9-21(11)18(23)14-10-16(12-6-7-12)20-15-5-3-2-4-13(14)15/h2-5,10-12H,6-9H2,1H3,(H,19,22). The summed E-state index contributed by atoms with van der Waals surface area (Å²) in [5, 5.41) is 3.66. The number of nitrogens with one attached hydrogen (secondary N) is 1. The number of carbonyl (C=O) groups is 2. The van der Waals surface area contributed by atoms with Gasteiger partial charge in [-0.2, -0.15) is 0 Å². The number of hydrogen-bond acceptors (Lipinski definition) is 3. The first kappa shape index (κ1) is 14.2. The lowest BCUT2D eigenvalue weighted by atomic mass is 10.0. The van der Waals surface area contributed by atoms with E-state index in [4.69, 9.17) is 4.98 Å². The second-order valence-corrected chi connectivity index (χ2v) is 6.35. The molecule has 0 spiro atoms. The van der Waals surface area contributed by atoms with E-state index < -0.39 is 6.04 Å². The van der Waals surface area contributed by atoms with Crippen LogP contribution in [0.2, 0.25) is 0 Å². The van der Waals surface area contributed by atoms with E-state index in [1.54, 1.807) is 11.8 Å². The highest BCUT2D eigenvalue weighted by atomic mass is 16.2. The molecule has 1 aromatic carbocycles. The molecule has 2 fully saturated rings. The van der Waals surface area contributed by atoms with Crippen molar-refractivity contribution in [1.29, 1.82) is 0 Å². The van der Waals surface area contributed by atoms with Crippen molar-refractivity contribution >= 4 is 22.7 Å². The van der Waals surface area contributed by atoms with Crippen LogP contribution in [0, 0.1) is 0 Å². The van der Waals surface area contributed by atoms with Crippen LogP contribution < -0.4 is 5.32 Å². The van der Waals surface area contributed by atoms with Crippen LogP contribution in [-0.4, -0.2) is 40.8 Å². The van der Waals surface area contributed by atoms with Gasteiger partial charge in [-0.25, -0.2) is 0 Å². The number of benzene rings is 1. The van der Waals surface area contributed by atoms with Crippen molar-refractivity contribution < 1.29 is 9.59 Å². The largest absolute Gasteiger partial charge is 0.353 e. The summed E-state index contributed by atoms with van der Waals surface area (Å²) in [4.78, 5) is 31.3. The zero-order valence-corrected chi connectivity index (χ0v) is 13.1. The average molecular weight is 309 g/mol. The Morgan fingerprint density at radius 2 is 2.09 bits per heavy atom. The molecular formula is C18H19N3O2. The third kappa shape index (κ3) is 2.46. The highest BCUT2D eigenvalue weighted by molar-refractivity contribution is 6.07. The zero-order valence-electron chi connectivity index (χ0n) is 13.1. The molecule has 1 atom stereocenters. The molecule has 2 amide bonds. The Morgan fingerprint density at radius 3 is 2.87 bits per heavy atom. The molecule has 2 aromatic rings. The van der Waals surface area contributed by atoms with Gasteiger partial charge in [-0.05, 0) is 31.9 Å². The molecule has 0 radical (unpaired) electrons. The molecule has 1 N–H and O–H groups in total. The summed E-state index contributed by atoms with van der Waals surface area (Å²) in [6, 6.07) is 9.24. The van der Waals surface area contributed by atoms with Gasteiger partial charge in [0.2, 0.25) is 5.91 Å². The zero-order chi connectivity index (χ0) is 16.0. The molecule has 1 aliphatic heterocycles. The predicted molar refractivity (Wildman–Crippen MR) is 87.2 cm³/mol. The molecule has 1 unspecified atom stereocenters. The van der Waals surface area contributed by atoms with Crippen molar-refractivity contribution in [1.82, 2.24) is 15.2 Å². The number of hydrogen-bond donors (Lipinski definition) is 1. The summed E-state index contributed by atoms with van der Waals surface area (Å²) >= 11 is 0. The lowest BCUT2D eigenvalue weighted by molar-refractivity contribution is -0.127. The summed E-state index contributed by atoms with van der Waals surface area (Å²) < 4.78 is 0. The summed E-state index contributed by atoms with van der Waals surface area (Å²) in [5.74, 6) is 0.312. The van der Waals surface area contributed by atoms with Crippen molar-refractivity contribution in [2.24, 2.45) is 0 Å². The normalized spacial score (nSPS) is 21.3. The molecule has 5 nitrogen and oxygen atoms in total. The van der Waals surface area contributed by atoms with Crippen molar-refractivity contribution in [3.8, 4) is 0 Å². The third-order valence-electron chi connectivity index (χ3n) is 4.72. The molecule has 1 saturated heterocycles. The number of amides is 2. The molecule has 23 heavy (non-hydrogen) atoms. The van der Waals surface area contributed by atoms with Crippen LogP contribution in [0.5, 0.6) is 0 Å². The summed E-state index contributed by atoms with van der Waals surface area (Å²) in [6.45, 7) is 2.83. The van der Waals surface area contributed by atoms with E-state index in [2.05, 4.69) is 5.32 Å². The van der Waals surface area contributed by atoms with E-state index >= 15 is 0 Å². The van der Waals surface area contributed by atoms with Crippen LogP contribution in [0.3, 0.4) is 0 Å². The fraction of sp³-hybridized carbons (Fsp3) is 0.389. The highest BCUT2D eigenvalue weighted by Crippen LogP contribution is 2.40. The van der Waals surface area contributed by atoms with Crippen molar-refractivity contribution in [2.45, 2.75) is 31.7 Å². The minimum Gasteiger partial charge on any atom is -0.353 e.